The lowest BCUT2D eigenvalue weighted by molar-refractivity contribution is 0.357. The zero-order valence-corrected chi connectivity index (χ0v) is 11.6. The van der Waals surface area contributed by atoms with Crippen molar-refractivity contribution >= 4 is 23.2 Å². The third kappa shape index (κ3) is 3.22. The molecule has 0 radical (unpaired) electrons. The smallest absolute Gasteiger partial charge is 0.240 e. The van der Waals surface area contributed by atoms with Gasteiger partial charge in [0.15, 0.2) is 5.82 Å². The van der Waals surface area contributed by atoms with Crippen molar-refractivity contribution in [1.82, 2.24) is 15.5 Å². The average molecular weight is 286 g/mol. The molecule has 4 nitrogen and oxygen atoms in total. The standard InChI is InChI=1S/C12H13Cl2N3O/c1-7(10-4-3-9(13)5-11(10)14)15-6-12-16-8(2)17-18-12/h3-5,7,15H,6H2,1-2H3. The molecule has 1 heterocycles. The summed E-state index contributed by atoms with van der Waals surface area (Å²) < 4.78 is 5.02. The van der Waals surface area contributed by atoms with E-state index in [1.807, 2.05) is 19.1 Å². The van der Waals surface area contributed by atoms with E-state index in [1.54, 1.807) is 13.0 Å². The summed E-state index contributed by atoms with van der Waals surface area (Å²) in [6.07, 6.45) is 0. The summed E-state index contributed by atoms with van der Waals surface area (Å²) in [5, 5.41) is 8.26. The van der Waals surface area contributed by atoms with Gasteiger partial charge >= 0.3 is 0 Å². The minimum absolute atomic E-state index is 0.0713. The molecule has 0 aliphatic carbocycles. The van der Waals surface area contributed by atoms with E-state index in [9.17, 15) is 0 Å². The van der Waals surface area contributed by atoms with Crippen LogP contribution in [0, 0.1) is 6.92 Å². The van der Waals surface area contributed by atoms with Crippen LogP contribution < -0.4 is 5.32 Å². The van der Waals surface area contributed by atoms with E-state index in [4.69, 9.17) is 27.7 Å². The van der Waals surface area contributed by atoms with Crippen LogP contribution in [0.4, 0.5) is 0 Å². The zero-order valence-electron chi connectivity index (χ0n) is 10.1. The molecule has 0 bridgehead atoms. The highest BCUT2D eigenvalue weighted by molar-refractivity contribution is 6.35. The number of aromatic nitrogens is 2. The maximum Gasteiger partial charge on any atom is 0.240 e. The highest BCUT2D eigenvalue weighted by Gasteiger charge is 2.11. The van der Waals surface area contributed by atoms with Gasteiger partial charge in [-0.25, -0.2) is 0 Å². The molecule has 18 heavy (non-hydrogen) atoms. The van der Waals surface area contributed by atoms with Gasteiger partial charge in [-0.15, -0.1) is 0 Å². The van der Waals surface area contributed by atoms with Crippen LogP contribution in [0.1, 0.15) is 30.2 Å². The predicted molar refractivity (Wildman–Crippen MR) is 70.8 cm³/mol. The van der Waals surface area contributed by atoms with Gasteiger partial charge < -0.3 is 9.84 Å². The van der Waals surface area contributed by atoms with Crippen molar-refractivity contribution in [2.24, 2.45) is 0 Å². The summed E-state index contributed by atoms with van der Waals surface area (Å²) in [7, 11) is 0. The highest BCUT2D eigenvalue weighted by Crippen LogP contribution is 2.26. The Labute approximate surface area is 115 Å². The molecule has 2 rings (SSSR count). The van der Waals surface area contributed by atoms with Gasteiger partial charge in [0.1, 0.15) is 0 Å². The number of nitrogens with zero attached hydrogens (tertiary/aromatic N) is 2. The molecule has 1 atom stereocenters. The van der Waals surface area contributed by atoms with E-state index in [-0.39, 0.29) is 6.04 Å². The molecule has 2 aromatic rings. The Morgan fingerprint density at radius 1 is 1.39 bits per heavy atom. The van der Waals surface area contributed by atoms with Crippen molar-refractivity contribution in [3.05, 3.63) is 45.5 Å². The largest absolute Gasteiger partial charge is 0.338 e. The lowest BCUT2D eigenvalue weighted by atomic mass is 10.1. The van der Waals surface area contributed by atoms with Gasteiger partial charge in [-0.3, -0.25) is 0 Å². The van der Waals surface area contributed by atoms with Crippen LogP contribution in [0.3, 0.4) is 0 Å². The van der Waals surface area contributed by atoms with Crippen LogP contribution in [0.5, 0.6) is 0 Å². The Bertz CT molecular complexity index is 542. The Morgan fingerprint density at radius 3 is 2.78 bits per heavy atom. The molecule has 0 aliphatic heterocycles. The first kappa shape index (κ1) is 13.3. The molecule has 0 fully saturated rings. The van der Waals surface area contributed by atoms with Crippen molar-refractivity contribution in [2.75, 3.05) is 0 Å². The number of aryl methyl sites for hydroxylation is 1. The molecule has 0 aliphatic rings. The maximum absolute atomic E-state index is 6.13. The molecule has 1 aromatic heterocycles. The molecule has 1 unspecified atom stereocenters. The summed E-state index contributed by atoms with van der Waals surface area (Å²) in [6.45, 7) is 4.30. The van der Waals surface area contributed by atoms with Gasteiger partial charge in [-0.1, -0.05) is 34.4 Å². The van der Waals surface area contributed by atoms with Crippen molar-refractivity contribution in [1.29, 1.82) is 0 Å². The lowest BCUT2D eigenvalue weighted by Gasteiger charge is -2.14. The zero-order chi connectivity index (χ0) is 13.1. The summed E-state index contributed by atoms with van der Waals surface area (Å²) in [5.41, 5.74) is 0.984. The fraction of sp³-hybridized carbons (Fsp3) is 0.333. The second-order valence-electron chi connectivity index (χ2n) is 4.00. The average Bonchev–Trinajstić information content (AvgIpc) is 2.72. The first-order valence-electron chi connectivity index (χ1n) is 5.54. The summed E-state index contributed by atoms with van der Waals surface area (Å²) in [5.74, 6) is 1.19. The quantitative estimate of drug-likeness (QED) is 0.934. The molecular formula is C12H13Cl2N3O. The number of rotatable bonds is 4. The lowest BCUT2D eigenvalue weighted by Crippen LogP contribution is -2.18. The number of nitrogens with one attached hydrogen (secondary N) is 1. The third-order valence-electron chi connectivity index (χ3n) is 2.56. The minimum atomic E-state index is 0.0713. The Hall–Kier alpha value is -1.10. The van der Waals surface area contributed by atoms with Gasteiger partial charge in [-0.2, -0.15) is 4.98 Å². The second kappa shape index (κ2) is 5.69. The van der Waals surface area contributed by atoms with E-state index in [0.717, 1.165) is 5.56 Å². The Balaban J connectivity index is 2.01. The number of benzene rings is 1. The fourth-order valence-electron chi connectivity index (χ4n) is 1.61. The molecule has 1 N–H and O–H groups in total. The van der Waals surface area contributed by atoms with E-state index in [1.165, 1.54) is 0 Å². The van der Waals surface area contributed by atoms with Crippen LogP contribution in [0.2, 0.25) is 10.0 Å². The van der Waals surface area contributed by atoms with E-state index < -0.39 is 0 Å². The Kier molecular flexibility index (Phi) is 4.22. The molecule has 6 heteroatoms. The van der Waals surface area contributed by atoms with Crippen LogP contribution >= 0.6 is 23.2 Å². The number of halogens is 2. The molecular weight excluding hydrogens is 273 g/mol. The number of hydrogen-bond acceptors (Lipinski definition) is 4. The maximum atomic E-state index is 6.13. The van der Waals surface area contributed by atoms with Gasteiger partial charge in [0.25, 0.3) is 0 Å². The normalized spacial score (nSPS) is 12.7. The first-order valence-corrected chi connectivity index (χ1v) is 6.29. The first-order chi connectivity index (χ1) is 8.56. The van der Waals surface area contributed by atoms with Crippen LogP contribution in [-0.4, -0.2) is 10.1 Å². The monoisotopic (exact) mass is 285 g/mol. The SMILES string of the molecule is Cc1noc(CNC(C)c2ccc(Cl)cc2Cl)n1. The second-order valence-corrected chi connectivity index (χ2v) is 4.85. The van der Waals surface area contributed by atoms with Crippen LogP contribution in [0.25, 0.3) is 0 Å². The molecule has 96 valence electrons. The summed E-state index contributed by atoms with van der Waals surface area (Å²) in [4.78, 5) is 4.12. The van der Waals surface area contributed by atoms with Gasteiger partial charge in [0.05, 0.1) is 6.54 Å². The summed E-state index contributed by atoms with van der Waals surface area (Å²) in [6, 6.07) is 5.52. The van der Waals surface area contributed by atoms with Gasteiger partial charge in [0.2, 0.25) is 5.89 Å². The van der Waals surface area contributed by atoms with Crippen molar-refractivity contribution in [3.63, 3.8) is 0 Å². The van der Waals surface area contributed by atoms with Gasteiger partial charge in [0, 0.05) is 16.1 Å². The summed E-state index contributed by atoms with van der Waals surface area (Å²) >= 11 is 12.0. The van der Waals surface area contributed by atoms with Crippen molar-refractivity contribution in [2.45, 2.75) is 26.4 Å². The van der Waals surface area contributed by atoms with E-state index in [0.29, 0.717) is 28.3 Å². The van der Waals surface area contributed by atoms with Crippen molar-refractivity contribution in [3.8, 4) is 0 Å². The number of hydrogen-bond donors (Lipinski definition) is 1. The topological polar surface area (TPSA) is 51.0 Å². The molecule has 0 amide bonds. The highest BCUT2D eigenvalue weighted by atomic mass is 35.5. The Morgan fingerprint density at radius 2 is 2.17 bits per heavy atom. The molecule has 1 aromatic carbocycles. The minimum Gasteiger partial charge on any atom is -0.338 e. The van der Waals surface area contributed by atoms with Crippen LogP contribution in [0.15, 0.2) is 22.7 Å². The predicted octanol–water partition coefficient (Wildman–Crippen LogP) is 3.54. The van der Waals surface area contributed by atoms with Gasteiger partial charge in [-0.05, 0) is 31.5 Å². The molecule has 0 spiro atoms. The molecule has 0 saturated carbocycles. The molecule has 0 saturated heterocycles. The third-order valence-corrected chi connectivity index (χ3v) is 3.12. The fourth-order valence-corrected chi connectivity index (χ4v) is 2.19. The van der Waals surface area contributed by atoms with Crippen molar-refractivity contribution < 1.29 is 4.52 Å². The van der Waals surface area contributed by atoms with Crippen LogP contribution in [-0.2, 0) is 6.54 Å². The van der Waals surface area contributed by atoms with E-state index in [2.05, 4.69) is 15.5 Å². The van der Waals surface area contributed by atoms with E-state index >= 15 is 0 Å².